The minimum absolute atomic E-state index is 0.0726. The largest absolute Gasteiger partial charge is 0.461 e. The molecule has 17 nitrogen and oxygen atoms in total. The van der Waals surface area contributed by atoms with Gasteiger partial charge in [-0.1, -0.05) is 85.5 Å². The first kappa shape index (κ1) is 59.4. The second-order valence-corrected chi connectivity index (χ2v) is 25.6. The van der Waals surface area contributed by atoms with Crippen molar-refractivity contribution in [2.75, 3.05) is 26.7 Å². The molecule has 1 unspecified atom stereocenters. The highest BCUT2D eigenvalue weighted by Crippen LogP contribution is 2.67. The average Bonchev–Trinajstić information content (AvgIpc) is 4.24. The molecule has 3 saturated carbocycles. The molecule has 0 radical (unpaired) electrons. The molecular formula is C60H94N8O9. The molecule has 2 saturated heterocycles. The number of allylic oxidation sites excluding steroid dienone is 2. The van der Waals surface area contributed by atoms with Crippen LogP contribution in [0.2, 0.25) is 0 Å². The average molecular weight is 1070 g/mol. The van der Waals surface area contributed by atoms with Gasteiger partial charge in [0.2, 0.25) is 35.4 Å². The fraction of sp³-hybridized carbons (Fsp3) is 0.767. The number of nitrogens with zero attached hydrogens (tertiary/aromatic N) is 3. The monoisotopic (exact) mass is 1070 g/mol. The Labute approximate surface area is 458 Å². The second-order valence-electron chi connectivity index (χ2n) is 25.6. The summed E-state index contributed by atoms with van der Waals surface area (Å²) in [5.41, 5.74) is 7.97. The summed E-state index contributed by atoms with van der Waals surface area (Å²) >= 11 is 0. The number of primary amides is 1. The van der Waals surface area contributed by atoms with Crippen molar-refractivity contribution in [3.05, 3.63) is 35.7 Å². The Morgan fingerprint density at radius 2 is 1.47 bits per heavy atom. The lowest BCUT2D eigenvalue weighted by atomic mass is 9.47. The van der Waals surface area contributed by atoms with E-state index >= 15 is 0 Å². The van der Waals surface area contributed by atoms with Crippen LogP contribution in [0.4, 0.5) is 0 Å². The molecule has 7 rings (SSSR count). The SMILES string of the molecule is CC(C)CCC[C@@H](C)[C@H]1CC[C@H]2[C@@H]3CC=C4CC(OC(=O)CNC(=O)[C@@H]5CCCN5C(=O)[C@H](CC(C)C)NC(=O)[C@H](CCC(N)=O)NC(=O)[C@H](C)NC(=O)[C@@H]5CCCN5C(=O)C5=CN(C)C=CC5)CC[C@]4(C)[C@H]3CC[C@]12C. The number of ether oxygens (including phenoxy) is 1. The third-order valence-corrected chi connectivity index (χ3v) is 19.3. The molecule has 13 atom stereocenters. The van der Waals surface area contributed by atoms with Crippen molar-refractivity contribution < 1.29 is 43.1 Å². The fourth-order valence-electron chi connectivity index (χ4n) is 15.2. The zero-order chi connectivity index (χ0) is 55.9. The van der Waals surface area contributed by atoms with Crippen molar-refractivity contribution in [3.63, 3.8) is 0 Å². The smallest absolute Gasteiger partial charge is 0.325 e. The maximum atomic E-state index is 14.4. The maximum Gasteiger partial charge on any atom is 0.325 e. The number of esters is 1. The number of amides is 7. The van der Waals surface area contributed by atoms with E-state index in [0.717, 1.165) is 42.9 Å². The molecule has 428 valence electrons. The number of nitrogens with two attached hydrogens (primary N) is 1. The molecule has 0 aromatic rings. The predicted octanol–water partition coefficient (Wildman–Crippen LogP) is 6.56. The Hall–Kier alpha value is -5.22. The lowest BCUT2D eigenvalue weighted by Gasteiger charge is -2.58. The number of carbonyl (C=O) groups is 8. The normalized spacial score (nSPS) is 30.2. The highest BCUT2D eigenvalue weighted by molar-refractivity contribution is 5.99. The zero-order valence-electron chi connectivity index (χ0n) is 48.0. The van der Waals surface area contributed by atoms with Crippen molar-refractivity contribution in [1.29, 1.82) is 0 Å². The molecular weight excluding hydrogens is 977 g/mol. The van der Waals surface area contributed by atoms with Gasteiger partial charge in [0.15, 0.2) is 0 Å². The summed E-state index contributed by atoms with van der Waals surface area (Å²) in [6.07, 6.45) is 22.7. The Kier molecular flexibility index (Phi) is 19.8. The summed E-state index contributed by atoms with van der Waals surface area (Å²) in [5.74, 6) is 0.0147. The lowest BCUT2D eigenvalue weighted by molar-refractivity contribution is -0.152. The van der Waals surface area contributed by atoms with Gasteiger partial charge in [-0.15, -0.1) is 0 Å². The van der Waals surface area contributed by atoms with E-state index in [4.69, 9.17) is 10.5 Å². The summed E-state index contributed by atoms with van der Waals surface area (Å²) in [4.78, 5) is 113. The van der Waals surface area contributed by atoms with Crippen molar-refractivity contribution >= 4 is 47.3 Å². The van der Waals surface area contributed by atoms with Crippen LogP contribution >= 0.6 is 0 Å². The van der Waals surface area contributed by atoms with E-state index in [1.54, 1.807) is 11.1 Å². The Morgan fingerprint density at radius 3 is 2.16 bits per heavy atom. The van der Waals surface area contributed by atoms with Crippen LogP contribution in [0.3, 0.4) is 0 Å². The first-order valence-electron chi connectivity index (χ1n) is 29.6. The fourth-order valence-corrected chi connectivity index (χ4v) is 15.2. The molecule has 4 aliphatic carbocycles. The van der Waals surface area contributed by atoms with Crippen molar-refractivity contribution in [3.8, 4) is 0 Å². The van der Waals surface area contributed by atoms with Crippen LogP contribution in [0.1, 0.15) is 177 Å². The molecule has 3 heterocycles. The van der Waals surface area contributed by atoms with Crippen LogP contribution in [0.15, 0.2) is 35.7 Å². The number of hydrogen-bond acceptors (Lipinski definition) is 10. The van der Waals surface area contributed by atoms with Gasteiger partial charge in [0, 0.05) is 44.8 Å². The van der Waals surface area contributed by atoms with Gasteiger partial charge in [-0.3, -0.25) is 38.4 Å². The predicted molar refractivity (Wildman–Crippen MR) is 294 cm³/mol. The maximum absolute atomic E-state index is 14.4. The van der Waals surface area contributed by atoms with Crippen molar-refractivity contribution in [2.45, 2.75) is 214 Å². The minimum atomic E-state index is -1.31. The van der Waals surface area contributed by atoms with Crippen molar-refractivity contribution in [2.24, 2.45) is 58.0 Å². The quantitative estimate of drug-likeness (QED) is 0.0580. The van der Waals surface area contributed by atoms with Gasteiger partial charge >= 0.3 is 5.97 Å². The van der Waals surface area contributed by atoms with Crippen LogP contribution in [-0.2, 0) is 43.1 Å². The van der Waals surface area contributed by atoms with Gasteiger partial charge in [-0.05, 0) is 155 Å². The molecule has 77 heavy (non-hydrogen) atoms. The summed E-state index contributed by atoms with van der Waals surface area (Å²) in [6.45, 7) is 17.9. The van der Waals surface area contributed by atoms with Crippen LogP contribution in [0, 0.1) is 52.3 Å². The summed E-state index contributed by atoms with van der Waals surface area (Å²) < 4.78 is 6.06. The van der Waals surface area contributed by atoms with Gasteiger partial charge in [0.05, 0.1) is 0 Å². The molecule has 3 aliphatic heterocycles. The van der Waals surface area contributed by atoms with E-state index in [-0.39, 0.29) is 55.7 Å². The lowest BCUT2D eigenvalue weighted by Crippen LogP contribution is -2.59. The zero-order valence-corrected chi connectivity index (χ0v) is 48.0. The van der Waals surface area contributed by atoms with E-state index in [1.165, 1.54) is 67.2 Å². The number of nitrogens with one attached hydrogen (secondary N) is 4. The van der Waals surface area contributed by atoms with Crippen LogP contribution in [0.25, 0.3) is 0 Å². The molecule has 6 N–H and O–H groups in total. The van der Waals surface area contributed by atoms with E-state index < -0.39 is 71.6 Å². The molecule has 0 bridgehead atoms. The van der Waals surface area contributed by atoms with Crippen LogP contribution in [0.5, 0.6) is 0 Å². The van der Waals surface area contributed by atoms with Crippen LogP contribution < -0.4 is 27.0 Å². The molecule has 0 aromatic carbocycles. The minimum Gasteiger partial charge on any atom is -0.461 e. The van der Waals surface area contributed by atoms with Crippen LogP contribution in [-0.4, -0.2) is 125 Å². The summed E-state index contributed by atoms with van der Waals surface area (Å²) in [6, 6.07) is -5.19. The highest BCUT2D eigenvalue weighted by Gasteiger charge is 2.59. The molecule has 5 fully saturated rings. The first-order chi connectivity index (χ1) is 36.5. The number of fused-ring (bicyclic) bond motifs is 5. The van der Waals surface area contributed by atoms with Crippen molar-refractivity contribution in [1.82, 2.24) is 36.0 Å². The molecule has 7 amide bonds. The number of rotatable bonds is 22. The van der Waals surface area contributed by atoms with E-state index in [1.807, 2.05) is 33.2 Å². The highest BCUT2D eigenvalue weighted by atomic mass is 16.5. The third-order valence-electron chi connectivity index (χ3n) is 19.3. The number of carbonyl (C=O) groups excluding carboxylic acids is 8. The first-order valence-corrected chi connectivity index (χ1v) is 29.6. The molecule has 7 aliphatic rings. The van der Waals surface area contributed by atoms with Gasteiger partial charge in [0.1, 0.15) is 42.9 Å². The second kappa shape index (κ2) is 25.7. The Balaban J connectivity index is 0.901. The van der Waals surface area contributed by atoms with E-state index in [2.05, 4.69) is 62.0 Å². The van der Waals surface area contributed by atoms with E-state index in [9.17, 15) is 38.4 Å². The van der Waals surface area contributed by atoms with Gasteiger partial charge in [0.25, 0.3) is 5.91 Å². The third kappa shape index (κ3) is 14.0. The number of likely N-dealkylation sites (tertiary alicyclic amines) is 2. The number of hydrogen-bond donors (Lipinski definition) is 5. The Morgan fingerprint density at radius 1 is 0.766 bits per heavy atom. The van der Waals surface area contributed by atoms with Gasteiger partial charge < -0.3 is 46.4 Å². The molecule has 17 heteroatoms. The summed E-state index contributed by atoms with van der Waals surface area (Å²) in [5, 5.41) is 10.9. The standard InChI is InChI=1S/C60H94N8O9/c1-36(2)14-10-15-38(5)44-21-22-45-43-20-19-41-33-42(25-27-59(41,7)46(43)26-28-60(44,45)8)77-52(70)34-62-55(73)49-17-12-31-68(49)58(76)48(32-37(3)4)65-54(72)47(23-24-51(61)69)64-53(71)39(6)63-56(74)50-18-13-30-67(50)57(75)40-16-11-29-66(9)35-40/h11,19,29,35-39,42-50H,10,12-18,20-28,30-34H2,1-9H3,(H2,61,69)(H,62,73)(H,63,74)(H,64,71)(H,65,72)/t38-,39+,42?,43+,44-,45+,46+,47+,48+,49+,50+,59+,60-/m1/s1. The molecule has 0 spiro atoms. The molecule has 0 aromatic heterocycles. The Bertz CT molecular complexity index is 2300. The van der Waals surface area contributed by atoms with E-state index in [0.29, 0.717) is 67.9 Å². The topological polar surface area (TPSA) is 230 Å². The summed E-state index contributed by atoms with van der Waals surface area (Å²) in [7, 11) is 1.82. The van der Waals surface area contributed by atoms with Gasteiger partial charge in [-0.25, -0.2) is 0 Å². The van der Waals surface area contributed by atoms with Gasteiger partial charge in [-0.2, -0.15) is 0 Å².